The Morgan fingerprint density at radius 3 is 2.84 bits per heavy atom. The largest absolute Gasteiger partial charge is 0.497 e. The van der Waals surface area contributed by atoms with Gasteiger partial charge in [0, 0.05) is 35.2 Å². The van der Waals surface area contributed by atoms with Crippen LogP contribution in [0.2, 0.25) is 0 Å². The molecule has 0 spiro atoms. The average Bonchev–Trinajstić information content (AvgIpc) is 2.76. The van der Waals surface area contributed by atoms with E-state index in [2.05, 4.69) is 30.7 Å². The number of fused-ring (bicyclic) bond motifs is 1. The summed E-state index contributed by atoms with van der Waals surface area (Å²) >= 11 is 1.90. The number of piperidine rings is 1. The number of rotatable bonds is 9. The van der Waals surface area contributed by atoms with Crippen LogP contribution in [0.3, 0.4) is 0 Å². The molecular weight excluding hydrogens is 427 g/mol. The van der Waals surface area contributed by atoms with Crippen molar-refractivity contribution in [2.45, 2.75) is 51.0 Å². The van der Waals surface area contributed by atoms with E-state index in [0.717, 1.165) is 36.2 Å². The molecule has 1 fully saturated rings. The summed E-state index contributed by atoms with van der Waals surface area (Å²) in [5, 5.41) is 10.6. The standard InChI is InChI=1S/C25H35FN2O3S/c1-25(2,3)32-14-13-28-12-10-17(21(16-28)24(29)30)5-7-22(26)19-9-11-27-23-8-6-18(31-4)15-20(19)23/h6,8-9,11,15,17,21-22H,5,7,10,12-14,16H2,1-4H3,(H,29,30)/t17-,21+,22-/m1/s1. The SMILES string of the molecule is COc1ccc2nccc([C@H](F)CC[C@@H]3CCN(CCSC(C)(C)C)C[C@@H]3C(=O)O)c2c1. The van der Waals surface area contributed by atoms with Gasteiger partial charge in [-0.2, -0.15) is 11.8 Å². The van der Waals surface area contributed by atoms with Crippen molar-refractivity contribution < 1.29 is 19.0 Å². The van der Waals surface area contributed by atoms with E-state index in [-0.39, 0.29) is 10.7 Å². The number of benzene rings is 1. The van der Waals surface area contributed by atoms with Gasteiger partial charge in [0.2, 0.25) is 0 Å². The van der Waals surface area contributed by atoms with Gasteiger partial charge < -0.3 is 14.7 Å². The van der Waals surface area contributed by atoms with E-state index < -0.39 is 18.1 Å². The molecule has 1 aromatic carbocycles. The molecule has 3 rings (SSSR count). The lowest BCUT2D eigenvalue weighted by Crippen LogP contribution is -2.44. The second-order valence-corrected chi connectivity index (χ2v) is 11.5. The Hall–Kier alpha value is -1.86. The van der Waals surface area contributed by atoms with Crippen LogP contribution in [-0.4, -0.2) is 58.2 Å². The summed E-state index contributed by atoms with van der Waals surface area (Å²) in [6.45, 7) is 8.91. The van der Waals surface area contributed by atoms with E-state index in [1.54, 1.807) is 19.4 Å². The first-order chi connectivity index (χ1) is 15.2. The Bertz CT molecular complexity index is 918. The smallest absolute Gasteiger partial charge is 0.308 e. The van der Waals surface area contributed by atoms with Crippen LogP contribution in [0.1, 0.15) is 51.8 Å². The molecule has 2 heterocycles. The van der Waals surface area contributed by atoms with Crippen LogP contribution in [0.4, 0.5) is 4.39 Å². The topological polar surface area (TPSA) is 62.7 Å². The highest BCUT2D eigenvalue weighted by Gasteiger charge is 2.34. The maximum atomic E-state index is 15.3. The van der Waals surface area contributed by atoms with Gasteiger partial charge >= 0.3 is 5.97 Å². The van der Waals surface area contributed by atoms with E-state index in [0.29, 0.717) is 30.7 Å². The van der Waals surface area contributed by atoms with Gasteiger partial charge in [-0.15, -0.1) is 0 Å². The molecule has 3 atom stereocenters. The van der Waals surface area contributed by atoms with Crippen LogP contribution in [0.5, 0.6) is 5.75 Å². The molecule has 176 valence electrons. The molecule has 0 amide bonds. The summed E-state index contributed by atoms with van der Waals surface area (Å²) in [6.07, 6.45) is 2.14. The van der Waals surface area contributed by atoms with Crippen molar-refractivity contribution >= 4 is 28.6 Å². The van der Waals surface area contributed by atoms with E-state index in [9.17, 15) is 9.90 Å². The number of aromatic nitrogens is 1. The summed E-state index contributed by atoms with van der Waals surface area (Å²) < 4.78 is 20.8. The predicted molar refractivity (Wildman–Crippen MR) is 129 cm³/mol. The van der Waals surface area contributed by atoms with Crippen LogP contribution < -0.4 is 4.74 Å². The number of halogens is 1. The van der Waals surface area contributed by atoms with E-state index >= 15 is 4.39 Å². The quantitative estimate of drug-likeness (QED) is 0.524. The van der Waals surface area contributed by atoms with Crippen LogP contribution in [0.15, 0.2) is 30.5 Å². The zero-order chi connectivity index (χ0) is 23.3. The Morgan fingerprint density at radius 1 is 1.38 bits per heavy atom. The highest BCUT2D eigenvalue weighted by molar-refractivity contribution is 8.00. The highest BCUT2D eigenvalue weighted by Crippen LogP contribution is 2.35. The van der Waals surface area contributed by atoms with Gasteiger partial charge in [0.05, 0.1) is 18.5 Å². The summed E-state index contributed by atoms with van der Waals surface area (Å²) in [7, 11) is 1.59. The molecular formula is C25H35FN2O3S. The first-order valence-corrected chi connectivity index (χ1v) is 12.3. The number of carbonyl (C=O) groups is 1. The fraction of sp³-hybridized carbons (Fsp3) is 0.600. The number of methoxy groups -OCH3 is 1. The molecule has 0 unspecified atom stereocenters. The van der Waals surface area contributed by atoms with Gasteiger partial charge in [0.1, 0.15) is 11.9 Å². The first kappa shape index (κ1) is 24.8. The first-order valence-electron chi connectivity index (χ1n) is 11.3. The summed E-state index contributed by atoms with van der Waals surface area (Å²) in [5.74, 6) is 0.454. The molecule has 0 radical (unpaired) electrons. The Labute approximate surface area is 194 Å². The van der Waals surface area contributed by atoms with Crippen LogP contribution in [0.25, 0.3) is 10.9 Å². The van der Waals surface area contributed by atoms with Crippen LogP contribution in [0, 0.1) is 11.8 Å². The lowest BCUT2D eigenvalue weighted by Gasteiger charge is -2.37. The molecule has 1 aliphatic rings. The number of thioether (sulfide) groups is 1. The van der Waals surface area contributed by atoms with Gasteiger partial charge in [-0.1, -0.05) is 20.8 Å². The van der Waals surface area contributed by atoms with Crippen molar-refractivity contribution in [3.63, 3.8) is 0 Å². The zero-order valence-corrected chi connectivity index (χ0v) is 20.3. The third-order valence-electron chi connectivity index (χ3n) is 6.21. The lowest BCUT2D eigenvalue weighted by atomic mass is 9.81. The second-order valence-electron chi connectivity index (χ2n) is 9.58. The molecule has 1 saturated heterocycles. The number of hydrogen-bond acceptors (Lipinski definition) is 5. The number of carboxylic acid groups (broad SMARTS) is 1. The molecule has 0 aliphatic carbocycles. The number of pyridine rings is 1. The van der Waals surface area contributed by atoms with Gasteiger partial charge in [0.25, 0.3) is 0 Å². The molecule has 5 nitrogen and oxygen atoms in total. The predicted octanol–water partition coefficient (Wildman–Crippen LogP) is 5.59. The number of aliphatic carboxylic acids is 1. The molecule has 7 heteroatoms. The number of carboxylic acids is 1. The van der Waals surface area contributed by atoms with Crippen molar-refractivity contribution in [2.24, 2.45) is 11.8 Å². The number of nitrogens with zero attached hydrogens (tertiary/aromatic N) is 2. The number of alkyl halides is 1. The number of hydrogen-bond donors (Lipinski definition) is 1. The average molecular weight is 463 g/mol. The maximum Gasteiger partial charge on any atom is 0.308 e. The third kappa shape index (κ3) is 6.58. The summed E-state index contributed by atoms with van der Waals surface area (Å²) in [5.41, 5.74) is 1.33. The van der Waals surface area contributed by atoms with Crippen molar-refractivity contribution in [3.05, 3.63) is 36.0 Å². The fourth-order valence-corrected chi connectivity index (χ4v) is 5.40. The minimum absolute atomic E-state index is 0.0000864. The molecule has 1 aromatic heterocycles. The van der Waals surface area contributed by atoms with Gasteiger partial charge in [-0.3, -0.25) is 9.78 Å². The van der Waals surface area contributed by atoms with E-state index in [1.807, 2.05) is 30.0 Å². The van der Waals surface area contributed by atoms with Crippen LogP contribution in [-0.2, 0) is 4.79 Å². The van der Waals surface area contributed by atoms with E-state index in [4.69, 9.17) is 4.74 Å². The second kappa shape index (κ2) is 10.8. The third-order valence-corrected chi connectivity index (χ3v) is 7.46. The van der Waals surface area contributed by atoms with Gasteiger partial charge in [0.15, 0.2) is 0 Å². The Kier molecular flexibility index (Phi) is 8.39. The normalized spacial score (nSPS) is 20.9. The fourth-order valence-electron chi connectivity index (χ4n) is 4.44. The van der Waals surface area contributed by atoms with Gasteiger partial charge in [-0.05, 0) is 61.6 Å². The van der Waals surface area contributed by atoms with Gasteiger partial charge in [-0.25, -0.2) is 4.39 Å². The monoisotopic (exact) mass is 462 g/mol. The molecule has 0 bridgehead atoms. The number of likely N-dealkylation sites (tertiary alicyclic amines) is 1. The highest BCUT2D eigenvalue weighted by atomic mass is 32.2. The summed E-state index contributed by atoms with van der Waals surface area (Å²) in [4.78, 5) is 18.5. The zero-order valence-electron chi connectivity index (χ0n) is 19.5. The lowest BCUT2D eigenvalue weighted by molar-refractivity contribution is -0.146. The molecule has 1 aliphatic heterocycles. The maximum absolute atomic E-state index is 15.3. The van der Waals surface area contributed by atoms with Crippen molar-refractivity contribution in [2.75, 3.05) is 32.5 Å². The molecule has 1 N–H and O–H groups in total. The van der Waals surface area contributed by atoms with Crippen molar-refractivity contribution in [3.8, 4) is 5.75 Å². The Balaban J connectivity index is 1.61. The Morgan fingerprint density at radius 2 is 2.16 bits per heavy atom. The number of ether oxygens (including phenoxy) is 1. The minimum Gasteiger partial charge on any atom is -0.497 e. The van der Waals surface area contributed by atoms with Crippen molar-refractivity contribution in [1.82, 2.24) is 9.88 Å². The van der Waals surface area contributed by atoms with E-state index in [1.165, 1.54) is 0 Å². The molecule has 32 heavy (non-hydrogen) atoms. The minimum atomic E-state index is -1.16. The molecule has 0 saturated carbocycles. The van der Waals surface area contributed by atoms with Crippen molar-refractivity contribution in [1.29, 1.82) is 0 Å². The molecule has 2 aromatic rings. The summed E-state index contributed by atoms with van der Waals surface area (Å²) in [6, 6.07) is 7.19. The van der Waals surface area contributed by atoms with Crippen LogP contribution >= 0.6 is 11.8 Å².